The standard InChI is InChI=1S/C19H23FN2O3S/c1-5-22(26(24,25)18-10-7-16(20)8-11-18)13-19(23)21(4)17-9-6-14(2)15(3)12-17/h6-12H,5,13H2,1-4H3. The van der Waals surface area contributed by atoms with Crippen molar-refractivity contribution in [3.63, 3.8) is 0 Å². The summed E-state index contributed by atoms with van der Waals surface area (Å²) in [4.78, 5) is 14.0. The minimum Gasteiger partial charge on any atom is -0.314 e. The van der Waals surface area contributed by atoms with Crippen molar-refractivity contribution in [2.24, 2.45) is 0 Å². The molecule has 0 aromatic heterocycles. The highest BCUT2D eigenvalue weighted by Gasteiger charge is 2.26. The first-order chi connectivity index (χ1) is 12.2. The number of rotatable bonds is 6. The minimum absolute atomic E-state index is 0.0395. The number of carbonyl (C=O) groups is 1. The average Bonchev–Trinajstić information content (AvgIpc) is 2.61. The van der Waals surface area contributed by atoms with Crippen molar-refractivity contribution in [3.8, 4) is 0 Å². The molecule has 0 unspecified atom stereocenters. The van der Waals surface area contributed by atoms with Crippen LogP contribution in [0.5, 0.6) is 0 Å². The Balaban J connectivity index is 2.21. The van der Waals surface area contributed by atoms with Crippen molar-refractivity contribution in [2.75, 3.05) is 25.0 Å². The first-order valence-corrected chi connectivity index (χ1v) is 9.70. The highest BCUT2D eigenvalue weighted by atomic mass is 32.2. The molecule has 0 spiro atoms. The third kappa shape index (κ3) is 4.28. The summed E-state index contributed by atoms with van der Waals surface area (Å²) >= 11 is 0. The summed E-state index contributed by atoms with van der Waals surface area (Å²) < 4.78 is 39.5. The van der Waals surface area contributed by atoms with Crippen molar-refractivity contribution in [2.45, 2.75) is 25.7 Å². The summed E-state index contributed by atoms with van der Waals surface area (Å²) in [6, 6.07) is 10.2. The van der Waals surface area contributed by atoms with E-state index in [1.807, 2.05) is 32.0 Å². The lowest BCUT2D eigenvalue weighted by atomic mass is 10.1. The Morgan fingerprint density at radius 3 is 2.19 bits per heavy atom. The van der Waals surface area contributed by atoms with Crippen LogP contribution in [-0.2, 0) is 14.8 Å². The Morgan fingerprint density at radius 1 is 1.04 bits per heavy atom. The number of hydrogen-bond acceptors (Lipinski definition) is 3. The maximum absolute atomic E-state index is 13.1. The van der Waals surface area contributed by atoms with Crippen molar-refractivity contribution in [3.05, 3.63) is 59.4 Å². The van der Waals surface area contributed by atoms with Crippen molar-refractivity contribution in [1.29, 1.82) is 0 Å². The molecule has 0 heterocycles. The minimum atomic E-state index is -3.87. The number of sulfonamides is 1. The zero-order valence-corrected chi connectivity index (χ0v) is 16.2. The van der Waals surface area contributed by atoms with Crippen LogP contribution in [-0.4, -0.2) is 38.8 Å². The second-order valence-corrected chi connectivity index (χ2v) is 8.04. The third-order valence-electron chi connectivity index (χ3n) is 4.37. The highest BCUT2D eigenvalue weighted by molar-refractivity contribution is 7.89. The molecule has 5 nitrogen and oxygen atoms in total. The maximum Gasteiger partial charge on any atom is 0.243 e. The van der Waals surface area contributed by atoms with Crippen LogP contribution in [0.15, 0.2) is 47.4 Å². The molecule has 0 saturated heterocycles. The lowest BCUT2D eigenvalue weighted by molar-refractivity contribution is -0.118. The van der Waals surface area contributed by atoms with Crippen LogP contribution in [0.3, 0.4) is 0 Å². The molecule has 0 atom stereocenters. The maximum atomic E-state index is 13.1. The summed E-state index contributed by atoms with van der Waals surface area (Å²) in [6.07, 6.45) is 0. The van der Waals surface area contributed by atoms with Crippen molar-refractivity contribution in [1.82, 2.24) is 4.31 Å². The lowest BCUT2D eigenvalue weighted by Crippen LogP contribution is -2.41. The van der Waals surface area contributed by atoms with Gasteiger partial charge >= 0.3 is 0 Å². The Morgan fingerprint density at radius 2 is 1.65 bits per heavy atom. The molecule has 1 amide bonds. The van der Waals surface area contributed by atoms with Gasteiger partial charge in [-0.1, -0.05) is 13.0 Å². The number of amides is 1. The van der Waals surface area contributed by atoms with Crippen LogP contribution in [0.25, 0.3) is 0 Å². The van der Waals surface area contributed by atoms with E-state index in [1.165, 1.54) is 17.0 Å². The molecule has 26 heavy (non-hydrogen) atoms. The fraction of sp³-hybridized carbons (Fsp3) is 0.316. The molecule has 2 aromatic rings. The van der Waals surface area contributed by atoms with E-state index in [0.717, 1.165) is 27.6 Å². The highest BCUT2D eigenvalue weighted by Crippen LogP contribution is 2.20. The first-order valence-electron chi connectivity index (χ1n) is 8.26. The van der Waals surface area contributed by atoms with Gasteiger partial charge in [0, 0.05) is 19.3 Å². The molecule has 0 aliphatic heterocycles. The van der Waals surface area contributed by atoms with Gasteiger partial charge in [-0.15, -0.1) is 0 Å². The molecule has 7 heteroatoms. The Labute approximate surface area is 154 Å². The quantitative estimate of drug-likeness (QED) is 0.776. The molecule has 0 fully saturated rings. The second-order valence-electron chi connectivity index (χ2n) is 6.11. The van der Waals surface area contributed by atoms with Crippen LogP contribution in [0.4, 0.5) is 10.1 Å². The van der Waals surface area contributed by atoms with E-state index in [4.69, 9.17) is 0 Å². The number of nitrogens with zero attached hydrogens (tertiary/aromatic N) is 2. The summed E-state index contributed by atoms with van der Waals surface area (Å²) in [5, 5.41) is 0. The summed E-state index contributed by atoms with van der Waals surface area (Å²) in [5.74, 6) is -0.863. The van der Waals surface area contributed by atoms with Gasteiger partial charge in [0.15, 0.2) is 0 Å². The van der Waals surface area contributed by atoms with E-state index in [0.29, 0.717) is 5.69 Å². The van der Waals surface area contributed by atoms with Crippen molar-refractivity contribution >= 4 is 21.6 Å². The van der Waals surface area contributed by atoms with Crippen LogP contribution < -0.4 is 4.90 Å². The third-order valence-corrected chi connectivity index (χ3v) is 6.30. The van der Waals surface area contributed by atoms with Crippen LogP contribution in [0, 0.1) is 19.7 Å². The van der Waals surface area contributed by atoms with E-state index < -0.39 is 15.8 Å². The molecular formula is C19H23FN2O3S. The number of aryl methyl sites for hydroxylation is 2. The first kappa shape index (κ1) is 20.1. The molecule has 0 saturated carbocycles. The molecular weight excluding hydrogens is 355 g/mol. The molecule has 140 valence electrons. The Hall–Kier alpha value is -2.25. The van der Waals surface area contributed by atoms with E-state index in [2.05, 4.69) is 0 Å². The fourth-order valence-electron chi connectivity index (χ4n) is 2.46. The summed E-state index contributed by atoms with van der Waals surface area (Å²) in [5.41, 5.74) is 2.87. The molecule has 2 aromatic carbocycles. The Kier molecular flexibility index (Phi) is 6.15. The monoisotopic (exact) mass is 378 g/mol. The molecule has 2 rings (SSSR count). The number of likely N-dealkylation sites (N-methyl/N-ethyl adjacent to an activating group) is 2. The number of anilines is 1. The largest absolute Gasteiger partial charge is 0.314 e. The molecule has 0 bridgehead atoms. The molecule has 0 aliphatic carbocycles. The van der Waals surface area contributed by atoms with Gasteiger partial charge in [0.25, 0.3) is 0 Å². The summed E-state index contributed by atoms with van der Waals surface area (Å²) in [7, 11) is -2.26. The zero-order valence-electron chi connectivity index (χ0n) is 15.4. The van der Waals surface area contributed by atoms with Gasteiger partial charge in [0.1, 0.15) is 5.82 Å². The molecule has 0 N–H and O–H groups in total. The van der Waals surface area contributed by atoms with Gasteiger partial charge in [0.05, 0.1) is 11.4 Å². The second kappa shape index (κ2) is 7.97. The average molecular weight is 378 g/mol. The predicted molar refractivity (Wildman–Crippen MR) is 100 cm³/mol. The van der Waals surface area contributed by atoms with E-state index in [9.17, 15) is 17.6 Å². The van der Waals surface area contributed by atoms with Gasteiger partial charge in [-0.05, 0) is 61.4 Å². The van der Waals surface area contributed by atoms with Crippen LogP contribution in [0.1, 0.15) is 18.1 Å². The van der Waals surface area contributed by atoms with Gasteiger partial charge < -0.3 is 4.90 Å². The zero-order chi connectivity index (χ0) is 19.5. The molecule has 0 radical (unpaired) electrons. The topological polar surface area (TPSA) is 57.7 Å². The van der Waals surface area contributed by atoms with Gasteiger partial charge in [-0.2, -0.15) is 4.31 Å². The molecule has 0 aliphatic rings. The SMILES string of the molecule is CCN(CC(=O)N(C)c1ccc(C)c(C)c1)S(=O)(=O)c1ccc(F)cc1. The normalized spacial score (nSPS) is 11.6. The lowest BCUT2D eigenvalue weighted by Gasteiger charge is -2.24. The van der Waals surface area contributed by atoms with Crippen LogP contribution in [0.2, 0.25) is 0 Å². The van der Waals surface area contributed by atoms with E-state index in [1.54, 1.807) is 14.0 Å². The Bertz CT molecular complexity index is 896. The fourth-order valence-corrected chi connectivity index (χ4v) is 3.86. The predicted octanol–water partition coefficient (Wildman–Crippen LogP) is 3.12. The van der Waals surface area contributed by atoms with E-state index in [-0.39, 0.29) is 23.9 Å². The number of halogens is 1. The number of benzene rings is 2. The van der Waals surface area contributed by atoms with Crippen molar-refractivity contribution < 1.29 is 17.6 Å². The van der Waals surface area contributed by atoms with Crippen LogP contribution >= 0.6 is 0 Å². The van der Waals surface area contributed by atoms with E-state index >= 15 is 0 Å². The van der Waals surface area contributed by atoms with Gasteiger partial charge in [0.2, 0.25) is 15.9 Å². The van der Waals surface area contributed by atoms with Gasteiger partial charge in [-0.25, -0.2) is 12.8 Å². The number of hydrogen-bond donors (Lipinski definition) is 0. The van der Waals surface area contributed by atoms with Gasteiger partial charge in [-0.3, -0.25) is 4.79 Å². The summed E-state index contributed by atoms with van der Waals surface area (Å²) in [6.45, 7) is 5.43. The number of carbonyl (C=O) groups excluding carboxylic acids is 1. The smallest absolute Gasteiger partial charge is 0.243 e.